The summed E-state index contributed by atoms with van der Waals surface area (Å²) in [6, 6.07) is 9.43. The van der Waals surface area contributed by atoms with Gasteiger partial charge in [-0.25, -0.2) is 4.79 Å². The SMILES string of the molecule is O=C(O)c1ccc2[nH]cc(-c3cccc(C(F)(F)F)c3)c2c1. The molecule has 0 amide bonds. The van der Waals surface area contributed by atoms with Crippen LogP contribution < -0.4 is 0 Å². The summed E-state index contributed by atoms with van der Waals surface area (Å²) in [4.78, 5) is 14.0. The average molecular weight is 305 g/mol. The standard InChI is InChI=1S/C16H10F3NO2/c17-16(18,19)11-3-1-2-9(6-11)13-8-20-14-5-4-10(15(21)22)7-12(13)14/h1-8,20H,(H,21,22). The van der Waals surface area contributed by atoms with Crippen LogP contribution in [-0.4, -0.2) is 16.1 Å². The summed E-state index contributed by atoms with van der Waals surface area (Å²) in [5.74, 6) is -1.09. The third kappa shape index (κ3) is 2.43. The van der Waals surface area contributed by atoms with Crippen LogP contribution in [0, 0.1) is 0 Å². The number of halogens is 3. The van der Waals surface area contributed by atoms with Gasteiger partial charge in [0.25, 0.3) is 0 Å². The Morgan fingerprint density at radius 2 is 1.86 bits per heavy atom. The third-order valence-electron chi connectivity index (χ3n) is 3.43. The normalized spacial score (nSPS) is 11.8. The van der Waals surface area contributed by atoms with Gasteiger partial charge in [0.15, 0.2) is 0 Å². The Bertz CT molecular complexity index is 865. The fraction of sp³-hybridized carbons (Fsp3) is 0.0625. The third-order valence-corrected chi connectivity index (χ3v) is 3.43. The maximum absolute atomic E-state index is 12.8. The number of alkyl halides is 3. The van der Waals surface area contributed by atoms with E-state index in [4.69, 9.17) is 5.11 Å². The molecule has 112 valence electrons. The predicted molar refractivity (Wildman–Crippen MR) is 75.7 cm³/mol. The maximum atomic E-state index is 12.8. The predicted octanol–water partition coefficient (Wildman–Crippen LogP) is 4.55. The van der Waals surface area contributed by atoms with Crippen molar-refractivity contribution in [1.29, 1.82) is 0 Å². The molecule has 0 radical (unpaired) electrons. The summed E-state index contributed by atoms with van der Waals surface area (Å²) in [6.07, 6.45) is -2.85. The highest BCUT2D eigenvalue weighted by molar-refractivity contribution is 6.00. The Balaban J connectivity index is 2.18. The van der Waals surface area contributed by atoms with Crippen LogP contribution in [0.25, 0.3) is 22.0 Å². The molecule has 0 aliphatic heterocycles. The van der Waals surface area contributed by atoms with Crippen molar-refractivity contribution in [2.24, 2.45) is 0 Å². The van der Waals surface area contributed by atoms with E-state index in [-0.39, 0.29) is 5.56 Å². The first-order valence-electron chi connectivity index (χ1n) is 6.38. The van der Waals surface area contributed by atoms with Crippen molar-refractivity contribution in [3.63, 3.8) is 0 Å². The van der Waals surface area contributed by atoms with Gasteiger partial charge in [0, 0.05) is 22.7 Å². The fourth-order valence-corrected chi connectivity index (χ4v) is 2.36. The molecule has 0 aliphatic carbocycles. The van der Waals surface area contributed by atoms with Gasteiger partial charge in [-0.1, -0.05) is 12.1 Å². The number of fused-ring (bicyclic) bond motifs is 1. The zero-order valence-corrected chi connectivity index (χ0v) is 11.1. The lowest BCUT2D eigenvalue weighted by Gasteiger charge is -2.08. The molecule has 0 unspecified atom stereocenters. The van der Waals surface area contributed by atoms with Crippen LogP contribution in [0.2, 0.25) is 0 Å². The van der Waals surface area contributed by atoms with Crippen molar-refractivity contribution in [3.8, 4) is 11.1 Å². The molecule has 2 N–H and O–H groups in total. The molecular weight excluding hydrogens is 295 g/mol. The van der Waals surface area contributed by atoms with Crippen LogP contribution >= 0.6 is 0 Å². The molecule has 0 saturated heterocycles. The van der Waals surface area contributed by atoms with Gasteiger partial charge < -0.3 is 10.1 Å². The molecular formula is C16H10F3NO2. The number of hydrogen-bond donors (Lipinski definition) is 2. The van der Waals surface area contributed by atoms with E-state index >= 15 is 0 Å². The monoisotopic (exact) mass is 305 g/mol. The van der Waals surface area contributed by atoms with Gasteiger partial charge in [0.2, 0.25) is 0 Å². The van der Waals surface area contributed by atoms with Crippen molar-refractivity contribution in [2.45, 2.75) is 6.18 Å². The lowest BCUT2D eigenvalue weighted by atomic mass is 10.0. The number of carbonyl (C=O) groups is 1. The van der Waals surface area contributed by atoms with E-state index in [1.807, 2.05) is 0 Å². The number of benzene rings is 2. The van der Waals surface area contributed by atoms with Crippen molar-refractivity contribution in [2.75, 3.05) is 0 Å². The zero-order valence-electron chi connectivity index (χ0n) is 11.1. The summed E-state index contributed by atoms with van der Waals surface area (Å²) >= 11 is 0. The van der Waals surface area contributed by atoms with E-state index < -0.39 is 17.7 Å². The van der Waals surface area contributed by atoms with Gasteiger partial charge in [-0.15, -0.1) is 0 Å². The summed E-state index contributed by atoms with van der Waals surface area (Å²) in [7, 11) is 0. The number of aromatic amines is 1. The van der Waals surface area contributed by atoms with Crippen LogP contribution in [0.5, 0.6) is 0 Å². The summed E-state index contributed by atoms with van der Waals surface area (Å²) in [5, 5.41) is 9.60. The second-order valence-corrected chi connectivity index (χ2v) is 4.85. The minimum absolute atomic E-state index is 0.0836. The number of aromatic carboxylic acids is 1. The zero-order chi connectivity index (χ0) is 15.9. The van der Waals surface area contributed by atoms with Gasteiger partial charge in [0.1, 0.15) is 0 Å². The van der Waals surface area contributed by atoms with Crippen LogP contribution in [0.3, 0.4) is 0 Å². The van der Waals surface area contributed by atoms with Gasteiger partial charge in [-0.2, -0.15) is 13.2 Å². The molecule has 3 aromatic rings. The minimum atomic E-state index is -4.42. The van der Waals surface area contributed by atoms with Crippen LogP contribution in [-0.2, 0) is 6.18 Å². The molecule has 0 atom stereocenters. The lowest BCUT2D eigenvalue weighted by Crippen LogP contribution is -2.04. The van der Waals surface area contributed by atoms with E-state index in [0.717, 1.165) is 12.1 Å². The molecule has 6 heteroatoms. The second kappa shape index (κ2) is 4.91. The van der Waals surface area contributed by atoms with E-state index in [1.54, 1.807) is 18.3 Å². The van der Waals surface area contributed by atoms with Crippen LogP contribution in [0.4, 0.5) is 13.2 Å². The van der Waals surface area contributed by atoms with E-state index in [1.165, 1.54) is 18.2 Å². The van der Waals surface area contributed by atoms with Gasteiger partial charge in [-0.05, 0) is 35.9 Å². The molecule has 0 aliphatic rings. The molecule has 3 nitrogen and oxygen atoms in total. The maximum Gasteiger partial charge on any atom is 0.416 e. The summed E-state index contributed by atoms with van der Waals surface area (Å²) in [5.41, 5.74) is 0.916. The Morgan fingerprint density at radius 1 is 1.09 bits per heavy atom. The minimum Gasteiger partial charge on any atom is -0.478 e. The summed E-state index contributed by atoms with van der Waals surface area (Å²) < 4.78 is 38.4. The Morgan fingerprint density at radius 3 is 2.55 bits per heavy atom. The van der Waals surface area contributed by atoms with Gasteiger partial charge >= 0.3 is 12.1 Å². The van der Waals surface area contributed by atoms with E-state index in [0.29, 0.717) is 22.0 Å². The molecule has 1 heterocycles. The first kappa shape index (κ1) is 14.2. The van der Waals surface area contributed by atoms with Crippen molar-refractivity contribution in [3.05, 3.63) is 59.8 Å². The van der Waals surface area contributed by atoms with Crippen LogP contribution in [0.15, 0.2) is 48.7 Å². The number of aromatic nitrogens is 1. The van der Waals surface area contributed by atoms with Crippen molar-refractivity contribution < 1.29 is 23.1 Å². The first-order chi connectivity index (χ1) is 10.4. The van der Waals surface area contributed by atoms with Crippen molar-refractivity contribution >= 4 is 16.9 Å². The quantitative estimate of drug-likeness (QED) is 0.729. The van der Waals surface area contributed by atoms with E-state index in [9.17, 15) is 18.0 Å². The number of rotatable bonds is 2. The first-order valence-corrected chi connectivity index (χ1v) is 6.38. The molecule has 0 spiro atoms. The molecule has 3 rings (SSSR count). The average Bonchev–Trinajstić information content (AvgIpc) is 2.89. The Labute approximate surface area is 123 Å². The number of hydrogen-bond acceptors (Lipinski definition) is 1. The largest absolute Gasteiger partial charge is 0.478 e. The van der Waals surface area contributed by atoms with Crippen LogP contribution in [0.1, 0.15) is 15.9 Å². The molecule has 2 aromatic carbocycles. The van der Waals surface area contributed by atoms with Gasteiger partial charge in [-0.3, -0.25) is 0 Å². The van der Waals surface area contributed by atoms with E-state index in [2.05, 4.69) is 4.98 Å². The second-order valence-electron chi connectivity index (χ2n) is 4.85. The van der Waals surface area contributed by atoms with Gasteiger partial charge in [0.05, 0.1) is 11.1 Å². The smallest absolute Gasteiger partial charge is 0.416 e. The topological polar surface area (TPSA) is 53.1 Å². The number of H-pyrrole nitrogens is 1. The highest BCUT2D eigenvalue weighted by Crippen LogP contribution is 2.34. The highest BCUT2D eigenvalue weighted by atomic mass is 19.4. The Kier molecular flexibility index (Phi) is 3.16. The molecule has 22 heavy (non-hydrogen) atoms. The van der Waals surface area contributed by atoms with Crippen molar-refractivity contribution in [1.82, 2.24) is 4.98 Å². The number of carboxylic acids is 1. The highest BCUT2D eigenvalue weighted by Gasteiger charge is 2.30. The molecule has 0 fully saturated rings. The summed E-state index contributed by atoms with van der Waals surface area (Å²) in [6.45, 7) is 0. The Hall–Kier alpha value is -2.76. The number of nitrogens with one attached hydrogen (secondary N) is 1. The molecule has 1 aromatic heterocycles. The fourth-order valence-electron chi connectivity index (χ4n) is 2.36. The number of carboxylic acid groups (broad SMARTS) is 1. The molecule has 0 saturated carbocycles. The molecule has 0 bridgehead atoms. The lowest BCUT2D eigenvalue weighted by molar-refractivity contribution is -0.137.